The summed E-state index contributed by atoms with van der Waals surface area (Å²) in [6.45, 7) is 0. The Balaban J connectivity index is 1.81. The van der Waals surface area contributed by atoms with Gasteiger partial charge in [-0.15, -0.1) is 0 Å². The van der Waals surface area contributed by atoms with Gasteiger partial charge >= 0.3 is 5.97 Å². The van der Waals surface area contributed by atoms with Gasteiger partial charge in [0, 0.05) is 21.3 Å². The van der Waals surface area contributed by atoms with Crippen LogP contribution in [0.1, 0.15) is 16.1 Å². The smallest absolute Gasteiger partial charge is 0.326 e. The second kappa shape index (κ2) is 7.85. The zero-order chi connectivity index (χ0) is 18.7. The number of aromatic nitrogens is 1. The standard InChI is InChI=1S/C19H14BrClN2O3/c20-14-7-6-13(21)9-12(14)10-17(19(25)26)23-18(24)16-8-5-11-3-1-2-4-15(11)22-16/h1-9,17H,10H2,(H,23,24)(H,25,26)/t17-/m0/s1. The van der Waals surface area contributed by atoms with Crippen LogP contribution in [-0.4, -0.2) is 28.0 Å². The number of nitrogens with zero attached hydrogens (tertiary/aromatic N) is 1. The second-order valence-corrected chi connectivity index (χ2v) is 6.98. The van der Waals surface area contributed by atoms with Crippen LogP contribution < -0.4 is 5.32 Å². The molecule has 0 fully saturated rings. The topological polar surface area (TPSA) is 79.3 Å². The fraction of sp³-hybridized carbons (Fsp3) is 0.105. The van der Waals surface area contributed by atoms with Gasteiger partial charge in [0.25, 0.3) is 5.91 Å². The summed E-state index contributed by atoms with van der Waals surface area (Å²) in [5, 5.41) is 13.4. The Morgan fingerprint density at radius 2 is 1.92 bits per heavy atom. The molecule has 3 aromatic rings. The fourth-order valence-corrected chi connectivity index (χ4v) is 3.15. The Hall–Kier alpha value is -2.44. The summed E-state index contributed by atoms with van der Waals surface area (Å²) in [5.41, 5.74) is 1.53. The van der Waals surface area contributed by atoms with Crippen molar-refractivity contribution in [3.8, 4) is 0 Å². The highest BCUT2D eigenvalue weighted by atomic mass is 79.9. The molecule has 1 heterocycles. The number of hydrogen-bond acceptors (Lipinski definition) is 3. The van der Waals surface area contributed by atoms with Gasteiger partial charge in [-0.3, -0.25) is 4.79 Å². The lowest BCUT2D eigenvalue weighted by molar-refractivity contribution is -0.139. The maximum Gasteiger partial charge on any atom is 0.326 e. The third-order valence-corrected chi connectivity index (χ3v) is 4.87. The molecule has 0 bridgehead atoms. The van der Waals surface area contributed by atoms with Crippen LogP contribution in [0, 0.1) is 0 Å². The van der Waals surface area contributed by atoms with Gasteiger partial charge in [-0.2, -0.15) is 0 Å². The molecule has 26 heavy (non-hydrogen) atoms. The highest BCUT2D eigenvalue weighted by Crippen LogP contribution is 2.22. The summed E-state index contributed by atoms with van der Waals surface area (Å²) in [6, 6.07) is 14.7. The Morgan fingerprint density at radius 3 is 2.69 bits per heavy atom. The van der Waals surface area contributed by atoms with Gasteiger partial charge in [-0.25, -0.2) is 9.78 Å². The van der Waals surface area contributed by atoms with Gasteiger partial charge < -0.3 is 10.4 Å². The third kappa shape index (κ3) is 4.20. The van der Waals surface area contributed by atoms with E-state index in [0.717, 1.165) is 9.86 Å². The van der Waals surface area contributed by atoms with Crippen molar-refractivity contribution in [1.82, 2.24) is 10.3 Å². The van der Waals surface area contributed by atoms with Gasteiger partial charge in [-0.1, -0.05) is 51.8 Å². The summed E-state index contributed by atoms with van der Waals surface area (Å²) in [4.78, 5) is 28.4. The summed E-state index contributed by atoms with van der Waals surface area (Å²) in [5.74, 6) is -1.67. The van der Waals surface area contributed by atoms with E-state index in [1.807, 2.05) is 18.2 Å². The number of carboxylic acid groups (broad SMARTS) is 1. The van der Waals surface area contributed by atoms with E-state index in [1.54, 1.807) is 36.4 Å². The monoisotopic (exact) mass is 432 g/mol. The lowest BCUT2D eigenvalue weighted by atomic mass is 10.1. The van der Waals surface area contributed by atoms with Crippen LogP contribution in [0.2, 0.25) is 5.02 Å². The number of carbonyl (C=O) groups excluding carboxylic acids is 1. The first-order chi connectivity index (χ1) is 12.4. The van der Waals surface area contributed by atoms with Crippen molar-refractivity contribution in [3.05, 3.63) is 75.4 Å². The van der Waals surface area contributed by atoms with Crippen molar-refractivity contribution in [3.63, 3.8) is 0 Å². The van der Waals surface area contributed by atoms with Gasteiger partial charge in [-0.05, 0) is 35.9 Å². The normalized spacial score (nSPS) is 11.9. The molecule has 5 nitrogen and oxygen atoms in total. The average molecular weight is 434 g/mol. The summed E-state index contributed by atoms with van der Waals surface area (Å²) in [7, 11) is 0. The van der Waals surface area contributed by atoms with Crippen molar-refractivity contribution < 1.29 is 14.7 Å². The van der Waals surface area contributed by atoms with Crippen LogP contribution in [-0.2, 0) is 11.2 Å². The number of pyridine rings is 1. The van der Waals surface area contributed by atoms with Crippen molar-refractivity contribution in [2.75, 3.05) is 0 Å². The van der Waals surface area contributed by atoms with Crippen LogP contribution in [0.5, 0.6) is 0 Å². The van der Waals surface area contributed by atoms with Crippen LogP contribution in [0.15, 0.2) is 59.1 Å². The number of fused-ring (bicyclic) bond motifs is 1. The summed E-state index contributed by atoms with van der Waals surface area (Å²) in [6.07, 6.45) is 0.0931. The Bertz CT molecular complexity index is 993. The SMILES string of the molecule is O=C(N[C@@H](Cc1cc(Cl)ccc1Br)C(=O)O)c1ccc2ccccc2n1. The maximum absolute atomic E-state index is 12.5. The molecular weight excluding hydrogens is 420 g/mol. The van der Waals surface area contributed by atoms with Crippen molar-refractivity contribution >= 4 is 50.3 Å². The zero-order valence-corrected chi connectivity index (χ0v) is 15.8. The molecule has 0 unspecified atom stereocenters. The van der Waals surface area contributed by atoms with E-state index in [9.17, 15) is 14.7 Å². The molecule has 3 rings (SSSR count). The number of carboxylic acids is 1. The van der Waals surface area contributed by atoms with E-state index in [4.69, 9.17) is 11.6 Å². The first kappa shape index (κ1) is 18.4. The lowest BCUT2D eigenvalue weighted by Crippen LogP contribution is -2.42. The van der Waals surface area contributed by atoms with E-state index in [1.165, 1.54) is 0 Å². The van der Waals surface area contributed by atoms with Crippen LogP contribution in [0.3, 0.4) is 0 Å². The molecule has 1 atom stereocenters. The number of nitrogens with one attached hydrogen (secondary N) is 1. The zero-order valence-electron chi connectivity index (χ0n) is 13.4. The van der Waals surface area contributed by atoms with Crippen molar-refractivity contribution in [2.24, 2.45) is 0 Å². The Kier molecular flexibility index (Phi) is 5.54. The minimum Gasteiger partial charge on any atom is -0.480 e. The molecule has 2 aromatic carbocycles. The number of para-hydroxylation sites is 1. The number of amides is 1. The highest BCUT2D eigenvalue weighted by Gasteiger charge is 2.23. The molecule has 0 aliphatic rings. The van der Waals surface area contributed by atoms with Gasteiger partial charge in [0.1, 0.15) is 11.7 Å². The first-order valence-corrected chi connectivity index (χ1v) is 8.94. The number of rotatable bonds is 5. The molecule has 1 aromatic heterocycles. The molecule has 2 N–H and O–H groups in total. The number of benzene rings is 2. The fourth-order valence-electron chi connectivity index (χ4n) is 2.54. The Morgan fingerprint density at radius 1 is 1.15 bits per heavy atom. The number of aliphatic carboxylic acids is 1. The highest BCUT2D eigenvalue weighted by molar-refractivity contribution is 9.10. The van der Waals surface area contributed by atoms with E-state index in [2.05, 4.69) is 26.2 Å². The molecule has 1 amide bonds. The quantitative estimate of drug-likeness (QED) is 0.635. The Labute approximate surface area is 163 Å². The van der Waals surface area contributed by atoms with Crippen LogP contribution in [0.25, 0.3) is 10.9 Å². The molecule has 0 aliphatic carbocycles. The molecule has 0 spiro atoms. The molecule has 0 aliphatic heterocycles. The van der Waals surface area contributed by atoms with E-state index in [0.29, 0.717) is 16.1 Å². The minimum absolute atomic E-state index is 0.0931. The summed E-state index contributed by atoms with van der Waals surface area (Å²) >= 11 is 9.34. The minimum atomic E-state index is -1.13. The second-order valence-electron chi connectivity index (χ2n) is 5.69. The lowest BCUT2D eigenvalue weighted by Gasteiger charge is -2.15. The van der Waals surface area contributed by atoms with Crippen LogP contribution >= 0.6 is 27.5 Å². The molecule has 0 radical (unpaired) electrons. The number of carbonyl (C=O) groups is 2. The molecule has 132 valence electrons. The third-order valence-electron chi connectivity index (χ3n) is 3.87. The predicted molar refractivity (Wildman–Crippen MR) is 103 cm³/mol. The number of halogens is 2. The molecule has 0 saturated carbocycles. The predicted octanol–water partition coefficient (Wildman–Crippen LogP) is 4.08. The molecule has 0 saturated heterocycles. The van der Waals surface area contributed by atoms with Gasteiger partial charge in [0.2, 0.25) is 0 Å². The van der Waals surface area contributed by atoms with Gasteiger partial charge in [0.15, 0.2) is 0 Å². The molecular formula is C19H14BrClN2O3. The van der Waals surface area contributed by atoms with Crippen molar-refractivity contribution in [1.29, 1.82) is 0 Å². The maximum atomic E-state index is 12.5. The first-order valence-electron chi connectivity index (χ1n) is 7.77. The van der Waals surface area contributed by atoms with Crippen LogP contribution in [0.4, 0.5) is 0 Å². The summed E-state index contributed by atoms with van der Waals surface area (Å²) < 4.78 is 0.728. The van der Waals surface area contributed by atoms with Crippen molar-refractivity contribution in [2.45, 2.75) is 12.5 Å². The average Bonchev–Trinajstić information content (AvgIpc) is 2.63. The largest absolute Gasteiger partial charge is 0.480 e. The van der Waals surface area contributed by atoms with E-state index in [-0.39, 0.29) is 12.1 Å². The van der Waals surface area contributed by atoms with E-state index < -0.39 is 17.9 Å². The molecule has 7 heteroatoms. The number of hydrogen-bond donors (Lipinski definition) is 2. The van der Waals surface area contributed by atoms with Gasteiger partial charge in [0.05, 0.1) is 5.52 Å². The van der Waals surface area contributed by atoms with E-state index >= 15 is 0 Å².